The number of amides is 1. The largest absolute Gasteiger partial charge is 0.379 e. The maximum absolute atomic E-state index is 12.3. The molecule has 7 nitrogen and oxygen atoms in total. The van der Waals surface area contributed by atoms with Gasteiger partial charge in [-0.15, -0.1) is 0 Å². The molecule has 1 amide bonds. The molecule has 2 aromatic rings. The first-order chi connectivity index (χ1) is 13.1. The molecule has 2 heterocycles. The fourth-order valence-electron chi connectivity index (χ4n) is 3.19. The summed E-state index contributed by atoms with van der Waals surface area (Å²) in [6.45, 7) is 7.40. The molecule has 0 aliphatic carbocycles. The van der Waals surface area contributed by atoms with Crippen LogP contribution in [0.4, 0.5) is 0 Å². The molecule has 7 heteroatoms. The quantitative estimate of drug-likeness (QED) is 0.761. The predicted molar refractivity (Wildman–Crippen MR) is 102 cm³/mol. The first-order valence-corrected chi connectivity index (χ1v) is 9.40. The number of carbonyl (C=O) groups is 1. The van der Waals surface area contributed by atoms with Crippen molar-refractivity contribution in [3.05, 3.63) is 53.4 Å². The molecule has 0 spiro atoms. The maximum atomic E-state index is 12.3. The molecule has 1 saturated heterocycles. The van der Waals surface area contributed by atoms with Gasteiger partial charge in [0.15, 0.2) is 11.5 Å². The third-order valence-corrected chi connectivity index (χ3v) is 4.74. The van der Waals surface area contributed by atoms with E-state index >= 15 is 0 Å². The second kappa shape index (κ2) is 9.64. The molecule has 1 aliphatic rings. The number of carbonyl (C=O) groups excluding carboxylic acids is 1. The molecule has 3 rings (SSSR count). The highest BCUT2D eigenvalue weighted by molar-refractivity contribution is 5.92. The van der Waals surface area contributed by atoms with Gasteiger partial charge in [-0.2, -0.15) is 0 Å². The SMILES string of the molecule is CC(CNC(=O)c1cc(CN(C)Cc2ccccc2)on1)N1CCOCC1. The van der Waals surface area contributed by atoms with Crippen molar-refractivity contribution in [1.82, 2.24) is 20.3 Å². The molecule has 1 fully saturated rings. The second-order valence-corrected chi connectivity index (χ2v) is 7.04. The van der Waals surface area contributed by atoms with Crippen molar-refractivity contribution in [1.29, 1.82) is 0 Å². The Labute approximate surface area is 160 Å². The van der Waals surface area contributed by atoms with Crippen LogP contribution in [0.25, 0.3) is 0 Å². The van der Waals surface area contributed by atoms with Gasteiger partial charge < -0.3 is 14.6 Å². The van der Waals surface area contributed by atoms with Gasteiger partial charge in [-0.3, -0.25) is 14.6 Å². The van der Waals surface area contributed by atoms with E-state index in [2.05, 4.69) is 39.3 Å². The molecule has 0 radical (unpaired) electrons. The molecule has 1 aromatic carbocycles. The number of nitrogens with one attached hydrogen (secondary N) is 1. The van der Waals surface area contributed by atoms with Crippen LogP contribution in [-0.4, -0.2) is 66.8 Å². The van der Waals surface area contributed by atoms with Crippen LogP contribution in [0.3, 0.4) is 0 Å². The number of aromatic nitrogens is 1. The summed E-state index contributed by atoms with van der Waals surface area (Å²) in [6, 6.07) is 12.2. The predicted octanol–water partition coefficient (Wildman–Crippen LogP) is 1.76. The molecule has 1 aromatic heterocycles. The van der Waals surface area contributed by atoms with Crippen LogP contribution in [0.5, 0.6) is 0 Å². The third-order valence-electron chi connectivity index (χ3n) is 4.74. The van der Waals surface area contributed by atoms with Crippen molar-refractivity contribution in [3.63, 3.8) is 0 Å². The summed E-state index contributed by atoms with van der Waals surface area (Å²) in [5.74, 6) is 0.482. The Morgan fingerprint density at radius 1 is 1.26 bits per heavy atom. The highest BCUT2D eigenvalue weighted by atomic mass is 16.5. The maximum Gasteiger partial charge on any atom is 0.273 e. The lowest BCUT2D eigenvalue weighted by atomic mass is 10.2. The summed E-state index contributed by atoms with van der Waals surface area (Å²) in [4.78, 5) is 16.8. The highest BCUT2D eigenvalue weighted by Crippen LogP contribution is 2.10. The first-order valence-electron chi connectivity index (χ1n) is 9.40. The zero-order valence-electron chi connectivity index (χ0n) is 16.1. The number of nitrogens with zero attached hydrogens (tertiary/aromatic N) is 3. The lowest BCUT2D eigenvalue weighted by molar-refractivity contribution is 0.0204. The smallest absolute Gasteiger partial charge is 0.273 e. The molecule has 1 N–H and O–H groups in total. The van der Waals surface area contributed by atoms with Gasteiger partial charge in [-0.05, 0) is 19.5 Å². The van der Waals surface area contributed by atoms with Gasteiger partial charge >= 0.3 is 0 Å². The zero-order chi connectivity index (χ0) is 19.1. The van der Waals surface area contributed by atoms with E-state index in [-0.39, 0.29) is 11.9 Å². The van der Waals surface area contributed by atoms with Gasteiger partial charge in [0.05, 0.1) is 19.8 Å². The summed E-state index contributed by atoms with van der Waals surface area (Å²) in [6.07, 6.45) is 0. The standard InChI is InChI=1S/C20H28N4O3/c1-16(24-8-10-26-11-9-24)13-21-20(25)19-12-18(27-22-19)15-23(2)14-17-6-4-3-5-7-17/h3-7,12,16H,8-11,13-15H2,1-2H3,(H,21,25). The van der Waals surface area contributed by atoms with Gasteiger partial charge in [-0.25, -0.2) is 0 Å². The van der Waals surface area contributed by atoms with E-state index in [9.17, 15) is 4.79 Å². The molecule has 0 saturated carbocycles. The summed E-state index contributed by atoms with van der Waals surface area (Å²) < 4.78 is 10.7. The van der Waals surface area contributed by atoms with Crippen LogP contribution in [-0.2, 0) is 17.8 Å². The first kappa shape index (κ1) is 19.5. The minimum absolute atomic E-state index is 0.198. The Balaban J connectivity index is 1.45. The van der Waals surface area contributed by atoms with Crippen LogP contribution >= 0.6 is 0 Å². The lowest BCUT2D eigenvalue weighted by Gasteiger charge is -2.32. The van der Waals surface area contributed by atoms with Gasteiger partial charge in [0.2, 0.25) is 0 Å². The number of rotatable bonds is 8. The number of hydrogen-bond donors (Lipinski definition) is 1. The summed E-state index contributed by atoms with van der Waals surface area (Å²) in [7, 11) is 2.01. The van der Waals surface area contributed by atoms with Crippen molar-refractivity contribution >= 4 is 5.91 Å². The lowest BCUT2D eigenvalue weighted by Crippen LogP contribution is -2.47. The third kappa shape index (κ3) is 5.89. The molecule has 1 unspecified atom stereocenters. The molecule has 1 atom stereocenters. The molecule has 1 aliphatic heterocycles. The van der Waals surface area contributed by atoms with E-state index in [1.807, 2.05) is 25.2 Å². The van der Waals surface area contributed by atoms with Crippen molar-refractivity contribution in [2.45, 2.75) is 26.1 Å². The Kier molecular flexibility index (Phi) is 6.98. The van der Waals surface area contributed by atoms with E-state index < -0.39 is 0 Å². The number of morpholine rings is 1. The molecule has 27 heavy (non-hydrogen) atoms. The van der Waals surface area contributed by atoms with Crippen LogP contribution in [0.15, 0.2) is 40.9 Å². The molecular formula is C20H28N4O3. The van der Waals surface area contributed by atoms with Crippen LogP contribution < -0.4 is 5.32 Å². The minimum Gasteiger partial charge on any atom is -0.379 e. The fourth-order valence-corrected chi connectivity index (χ4v) is 3.19. The minimum atomic E-state index is -0.198. The highest BCUT2D eigenvalue weighted by Gasteiger charge is 2.19. The summed E-state index contributed by atoms with van der Waals surface area (Å²) in [5.41, 5.74) is 1.56. The number of ether oxygens (including phenoxy) is 1. The Bertz CT molecular complexity index is 713. The summed E-state index contributed by atoms with van der Waals surface area (Å²) >= 11 is 0. The van der Waals surface area contributed by atoms with Crippen molar-refractivity contribution in [3.8, 4) is 0 Å². The number of benzene rings is 1. The van der Waals surface area contributed by atoms with Crippen LogP contribution in [0, 0.1) is 0 Å². The van der Waals surface area contributed by atoms with E-state index in [0.717, 1.165) is 32.8 Å². The topological polar surface area (TPSA) is 70.8 Å². The normalized spacial score (nSPS) is 16.4. The Hall–Kier alpha value is -2.22. The van der Waals surface area contributed by atoms with E-state index in [0.29, 0.717) is 24.5 Å². The molecular weight excluding hydrogens is 344 g/mol. The Morgan fingerprint density at radius 2 is 2.00 bits per heavy atom. The molecule has 146 valence electrons. The zero-order valence-corrected chi connectivity index (χ0v) is 16.1. The number of hydrogen-bond acceptors (Lipinski definition) is 6. The second-order valence-electron chi connectivity index (χ2n) is 7.04. The van der Waals surface area contributed by atoms with Gasteiger partial charge in [-0.1, -0.05) is 35.5 Å². The van der Waals surface area contributed by atoms with Gasteiger partial charge in [0.1, 0.15) is 0 Å². The van der Waals surface area contributed by atoms with Gasteiger partial charge in [0.25, 0.3) is 5.91 Å². The fraction of sp³-hybridized carbons (Fsp3) is 0.500. The van der Waals surface area contributed by atoms with Crippen molar-refractivity contribution in [2.75, 3.05) is 39.9 Å². The summed E-state index contributed by atoms with van der Waals surface area (Å²) in [5, 5.41) is 6.86. The van der Waals surface area contributed by atoms with Crippen LogP contribution in [0.1, 0.15) is 28.7 Å². The van der Waals surface area contributed by atoms with Crippen LogP contribution in [0.2, 0.25) is 0 Å². The Morgan fingerprint density at radius 3 is 2.74 bits per heavy atom. The van der Waals surface area contributed by atoms with E-state index in [4.69, 9.17) is 9.26 Å². The van der Waals surface area contributed by atoms with E-state index in [1.165, 1.54) is 5.56 Å². The van der Waals surface area contributed by atoms with E-state index in [1.54, 1.807) is 6.07 Å². The molecule has 0 bridgehead atoms. The van der Waals surface area contributed by atoms with Crippen molar-refractivity contribution < 1.29 is 14.1 Å². The average Bonchev–Trinajstić information content (AvgIpc) is 3.15. The van der Waals surface area contributed by atoms with Crippen molar-refractivity contribution in [2.24, 2.45) is 0 Å². The monoisotopic (exact) mass is 372 g/mol. The average molecular weight is 372 g/mol. The van der Waals surface area contributed by atoms with Gasteiger partial charge in [0, 0.05) is 38.3 Å².